The van der Waals surface area contributed by atoms with Crippen LogP contribution in [-0.2, 0) is 45.2 Å². The number of aliphatic hydroxyl groups excluding tert-OH is 1. The molecule has 2 aliphatic heterocycles. The van der Waals surface area contributed by atoms with E-state index < -0.39 is 65.7 Å². The van der Waals surface area contributed by atoms with Gasteiger partial charge in [-0.1, -0.05) is 66.7 Å². The van der Waals surface area contributed by atoms with Crippen molar-refractivity contribution >= 4 is 23.9 Å². The third-order valence-corrected chi connectivity index (χ3v) is 10.5. The second-order valence-corrected chi connectivity index (χ2v) is 13.3. The number of carbonyl (C=O) groups is 4. The molecule has 0 radical (unpaired) electrons. The Kier molecular flexibility index (Phi) is 8.82. The number of hydrogen-bond donors (Lipinski definition) is 3. The fourth-order valence-electron chi connectivity index (χ4n) is 8.14. The van der Waals surface area contributed by atoms with Crippen LogP contribution in [0.1, 0.15) is 53.7 Å². The van der Waals surface area contributed by atoms with Crippen LogP contribution in [0.5, 0.6) is 11.5 Å². The number of likely N-dealkylation sites (tertiary alicyclic amines) is 1. The number of hydrogen-bond acceptors (Lipinski definition) is 12. The molecule has 0 amide bonds. The number of carboxylic acid groups (broad SMARTS) is 1. The normalized spacial score (nSPS) is 25.9. The molecule has 7 atom stereocenters. The topological polar surface area (TPSA) is 178 Å². The highest BCUT2D eigenvalue weighted by molar-refractivity contribution is 5.86. The number of rotatable bonds is 11. The van der Waals surface area contributed by atoms with Crippen LogP contribution in [0.3, 0.4) is 0 Å². The number of methoxy groups -OCH3 is 1. The van der Waals surface area contributed by atoms with E-state index in [1.54, 1.807) is 42.5 Å². The van der Waals surface area contributed by atoms with Gasteiger partial charge in [-0.2, -0.15) is 0 Å². The van der Waals surface area contributed by atoms with E-state index in [9.17, 15) is 34.5 Å². The number of likely N-dealkylation sites (N-methyl/N-ethyl adjacent to an activating group) is 1. The first-order chi connectivity index (χ1) is 24.5. The molecule has 1 spiro atoms. The molecule has 1 saturated heterocycles. The minimum Gasteiger partial charge on any atom is -0.493 e. The first-order valence-electron chi connectivity index (χ1n) is 16.6. The van der Waals surface area contributed by atoms with Crippen LogP contribution >= 0.6 is 0 Å². The molecule has 0 saturated carbocycles. The average Bonchev–Trinajstić information content (AvgIpc) is 3.49. The summed E-state index contributed by atoms with van der Waals surface area (Å²) < 4.78 is 28.5. The van der Waals surface area contributed by atoms with Crippen molar-refractivity contribution in [3.8, 4) is 11.5 Å². The number of aliphatic hydroxyl groups is 2. The summed E-state index contributed by atoms with van der Waals surface area (Å²) in [5, 5.41) is 33.0. The van der Waals surface area contributed by atoms with Gasteiger partial charge in [-0.3, -0.25) is 4.79 Å². The molecule has 2 bridgehead atoms. The Morgan fingerprint density at radius 1 is 0.941 bits per heavy atom. The van der Waals surface area contributed by atoms with Crippen LogP contribution in [0.4, 0.5) is 0 Å². The molecule has 0 unspecified atom stereocenters. The molecule has 3 aromatic carbocycles. The predicted octanol–water partition coefficient (Wildman–Crippen LogP) is 2.92. The van der Waals surface area contributed by atoms with Gasteiger partial charge in [-0.25, -0.2) is 14.4 Å². The summed E-state index contributed by atoms with van der Waals surface area (Å²) in [6.07, 6.45) is -4.36. The summed E-state index contributed by atoms with van der Waals surface area (Å²) in [6, 6.07) is 19.2. The number of ether oxygens (including phenoxy) is 5. The number of esters is 3. The van der Waals surface area contributed by atoms with Gasteiger partial charge in [-0.15, -0.1) is 0 Å². The van der Waals surface area contributed by atoms with Gasteiger partial charge in [0.25, 0.3) is 0 Å². The monoisotopic (exact) mass is 699 g/mol. The molecule has 266 valence electrons. The molecule has 7 rings (SSSR count). The first kappa shape index (κ1) is 34.2. The Balaban J connectivity index is 1.08. The lowest BCUT2D eigenvalue weighted by molar-refractivity contribution is -0.180. The van der Waals surface area contributed by atoms with E-state index in [1.165, 1.54) is 31.4 Å². The van der Waals surface area contributed by atoms with Crippen molar-refractivity contribution in [2.24, 2.45) is 0 Å². The van der Waals surface area contributed by atoms with Crippen LogP contribution in [0, 0.1) is 0 Å². The van der Waals surface area contributed by atoms with Gasteiger partial charge in [0.15, 0.2) is 23.7 Å². The van der Waals surface area contributed by atoms with Crippen molar-refractivity contribution in [2.45, 2.75) is 67.2 Å². The summed E-state index contributed by atoms with van der Waals surface area (Å²) in [5.74, 6) is -3.86. The van der Waals surface area contributed by atoms with Crippen molar-refractivity contribution in [3.05, 3.63) is 107 Å². The van der Waals surface area contributed by atoms with Crippen LogP contribution in [-0.4, -0.2) is 88.6 Å². The number of carbonyl (C=O) groups excluding carboxylic acids is 3. The molecule has 0 aromatic heterocycles. The molecule has 4 aliphatic rings. The second-order valence-electron chi connectivity index (χ2n) is 13.3. The molecule has 1 fully saturated rings. The highest BCUT2D eigenvalue weighted by Crippen LogP contribution is 2.65. The number of carboxylic acids is 1. The maximum atomic E-state index is 13.3. The van der Waals surface area contributed by atoms with E-state index in [2.05, 4.69) is 4.90 Å². The summed E-state index contributed by atoms with van der Waals surface area (Å²) in [7, 11) is 3.50. The minimum atomic E-state index is -2.01. The van der Waals surface area contributed by atoms with Crippen molar-refractivity contribution in [1.29, 1.82) is 0 Å². The quantitative estimate of drug-likeness (QED) is 0.197. The summed E-state index contributed by atoms with van der Waals surface area (Å²) >= 11 is 0. The van der Waals surface area contributed by atoms with E-state index in [1.807, 2.05) is 19.2 Å². The van der Waals surface area contributed by atoms with E-state index >= 15 is 0 Å². The maximum absolute atomic E-state index is 13.3. The highest BCUT2D eigenvalue weighted by Gasteiger charge is 2.72. The van der Waals surface area contributed by atoms with E-state index in [0.29, 0.717) is 30.9 Å². The number of benzene rings is 3. The van der Waals surface area contributed by atoms with Gasteiger partial charge in [0.2, 0.25) is 12.2 Å². The molecule has 51 heavy (non-hydrogen) atoms. The molecule has 2 heterocycles. The number of piperidine rings is 1. The average molecular weight is 700 g/mol. The van der Waals surface area contributed by atoms with Crippen LogP contribution < -0.4 is 9.47 Å². The largest absolute Gasteiger partial charge is 0.493 e. The smallest absolute Gasteiger partial charge is 0.353 e. The molecule has 13 nitrogen and oxygen atoms in total. The van der Waals surface area contributed by atoms with Crippen LogP contribution in [0.2, 0.25) is 0 Å². The Morgan fingerprint density at radius 2 is 1.61 bits per heavy atom. The van der Waals surface area contributed by atoms with Crippen molar-refractivity contribution in [1.82, 2.24) is 4.90 Å². The molecule has 13 heteroatoms. The van der Waals surface area contributed by atoms with Crippen LogP contribution in [0.25, 0.3) is 0 Å². The van der Waals surface area contributed by atoms with Gasteiger partial charge in [-0.05, 0) is 44.1 Å². The lowest BCUT2D eigenvalue weighted by Gasteiger charge is -2.61. The predicted molar refractivity (Wildman–Crippen MR) is 176 cm³/mol. The minimum absolute atomic E-state index is 0.0952. The molecule has 3 aromatic rings. The SMILES string of the molecule is COc1ccc2c3c1O[C@H]1C(OC(=O)[C@@H](O)CC(=O)O[C@H](C(=O)O[C@H](C(=O)O)c4ccccc4)c4ccccc4)=CC[C@@]4(O)[C@H](C2)N(C)CC[C@]314. The zero-order valence-electron chi connectivity index (χ0n) is 27.9. The lowest BCUT2D eigenvalue weighted by atomic mass is 9.50. The number of aliphatic carboxylic acids is 1. The first-order valence-corrected chi connectivity index (χ1v) is 16.6. The van der Waals surface area contributed by atoms with Crippen molar-refractivity contribution < 1.29 is 58.2 Å². The Hall–Kier alpha value is -5.24. The number of nitrogens with zero attached hydrogens (tertiary/aromatic N) is 1. The Bertz CT molecular complexity index is 1900. The molecular weight excluding hydrogens is 662 g/mol. The second kappa shape index (κ2) is 13.1. The van der Waals surface area contributed by atoms with Gasteiger partial charge in [0, 0.05) is 29.2 Å². The van der Waals surface area contributed by atoms with Crippen LogP contribution in [0.15, 0.2) is 84.6 Å². The Morgan fingerprint density at radius 3 is 2.25 bits per heavy atom. The van der Waals surface area contributed by atoms with Crippen molar-refractivity contribution in [2.75, 3.05) is 20.7 Å². The zero-order valence-corrected chi connectivity index (χ0v) is 27.9. The molecule has 2 aliphatic carbocycles. The zero-order chi connectivity index (χ0) is 36.1. The summed E-state index contributed by atoms with van der Waals surface area (Å²) in [4.78, 5) is 53.9. The van der Waals surface area contributed by atoms with Gasteiger partial charge in [0.05, 0.1) is 24.5 Å². The van der Waals surface area contributed by atoms with E-state index in [-0.39, 0.29) is 29.3 Å². The van der Waals surface area contributed by atoms with Gasteiger partial charge < -0.3 is 43.9 Å². The Labute approximate surface area is 292 Å². The summed E-state index contributed by atoms with van der Waals surface area (Å²) in [5.41, 5.74) is 0.0238. The van der Waals surface area contributed by atoms with Gasteiger partial charge in [0.1, 0.15) is 5.76 Å². The van der Waals surface area contributed by atoms with Crippen molar-refractivity contribution in [3.63, 3.8) is 0 Å². The summed E-state index contributed by atoms with van der Waals surface area (Å²) in [6.45, 7) is 0.655. The fourth-order valence-corrected chi connectivity index (χ4v) is 8.14. The van der Waals surface area contributed by atoms with E-state index in [4.69, 9.17) is 23.7 Å². The third-order valence-electron chi connectivity index (χ3n) is 10.5. The highest BCUT2D eigenvalue weighted by atomic mass is 16.6. The van der Waals surface area contributed by atoms with E-state index in [0.717, 1.165) is 11.1 Å². The standard InChI is InChI=1S/C38H37NO12/c1-39-18-17-37-29-23-13-14-25(47-2)32(29)50-33(37)26(15-16-38(37,46)27(39)19-23)48-35(44)24(40)20-28(41)49-31(22-11-7-4-8-12-22)36(45)51-30(34(42)43)21-9-5-3-6-10-21/h3-15,24,27,30-31,33,40,46H,16-20H2,1-2H3,(H,42,43)/t24-,27-,30-,31-,33-,37-,38+/m0/s1. The van der Waals surface area contributed by atoms with Gasteiger partial charge >= 0.3 is 23.9 Å². The maximum Gasteiger partial charge on any atom is 0.353 e. The molecule has 3 N–H and O–H groups in total. The molecular formula is C38H37NO12. The fraction of sp³-hybridized carbons (Fsp3) is 0.368. The lowest BCUT2D eigenvalue weighted by Crippen LogP contribution is -2.74. The third kappa shape index (κ3) is 5.61.